The summed E-state index contributed by atoms with van der Waals surface area (Å²) >= 11 is 0. The van der Waals surface area contributed by atoms with Crippen LogP contribution in [0, 0.1) is 5.92 Å². The lowest BCUT2D eigenvalue weighted by atomic mass is 9.96. The highest BCUT2D eigenvalue weighted by molar-refractivity contribution is 5.97. The highest BCUT2D eigenvalue weighted by Crippen LogP contribution is 2.28. The Morgan fingerprint density at radius 1 is 1.31 bits per heavy atom. The summed E-state index contributed by atoms with van der Waals surface area (Å²) in [5, 5.41) is 3.67. The van der Waals surface area contributed by atoms with Gasteiger partial charge in [-0.3, -0.25) is 4.99 Å². The van der Waals surface area contributed by atoms with Crippen LogP contribution in [0.15, 0.2) is 47.2 Å². The fourth-order valence-corrected chi connectivity index (χ4v) is 3.65. The Labute approximate surface area is 156 Å². The Hall–Kier alpha value is -1.89. The van der Waals surface area contributed by atoms with Gasteiger partial charge in [0.15, 0.2) is 0 Å². The van der Waals surface area contributed by atoms with Crippen molar-refractivity contribution in [3.8, 4) is 0 Å². The summed E-state index contributed by atoms with van der Waals surface area (Å²) in [5.74, 6) is 1.50. The molecule has 2 atom stereocenters. The molecule has 142 valence electrons. The zero-order valence-corrected chi connectivity index (χ0v) is 15.9. The van der Waals surface area contributed by atoms with Gasteiger partial charge in [0, 0.05) is 57.0 Å². The topological polar surface area (TPSA) is 60.9 Å². The van der Waals surface area contributed by atoms with Crippen LogP contribution in [-0.2, 0) is 4.74 Å². The zero-order valence-electron chi connectivity index (χ0n) is 15.9. The molecule has 0 spiro atoms. The number of ether oxygens (including phenoxy) is 1. The molecule has 2 aliphatic rings. The van der Waals surface area contributed by atoms with Crippen molar-refractivity contribution >= 4 is 5.71 Å². The van der Waals surface area contributed by atoms with Gasteiger partial charge in [0.1, 0.15) is 5.82 Å². The molecule has 2 unspecified atom stereocenters. The molecule has 6 heteroatoms. The van der Waals surface area contributed by atoms with E-state index in [1.807, 2.05) is 7.05 Å². The number of hydrogen-bond donors (Lipinski definition) is 3. The Balaban J connectivity index is 1.74. The van der Waals surface area contributed by atoms with Crippen molar-refractivity contribution in [2.75, 3.05) is 46.4 Å². The first-order valence-electron chi connectivity index (χ1n) is 9.61. The number of hydrazine groups is 1. The molecular formula is C20H31N5O. The molecule has 3 N–H and O–H groups in total. The maximum Gasteiger partial charge on any atom is 0.118 e. The van der Waals surface area contributed by atoms with Gasteiger partial charge < -0.3 is 20.4 Å². The molecule has 2 aliphatic heterocycles. The molecule has 1 aromatic carbocycles. The van der Waals surface area contributed by atoms with Gasteiger partial charge >= 0.3 is 0 Å². The van der Waals surface area contributed by atoms with Crippen LogP contribution in [0.2, 0.25) is 0 Å². The first-order valence-corrected chi connectivity index (χ1v) is 9.61. The molecular weight excluding hydrogens is 326 g/mol. The molecule has 26 heavy (non-hydrogen) atoms. The van der Waals surface area contributed by atoms with Crippen molar-refractivity contribution in [3.05, 3.63) is 47.8 Å². The molecule has 2 fully saturated rings. The van der Waals surface area contributed by atoms with E-state index in [0.717, 1.165) is 51.6 Å². The third-order valence-electron chi connectivity index (χ3n) is 4.98. The van der Waals surface area contributed by atoms with Crippen molar-refractivity contribution in [2.45, 2.75) is 19.4 Å². The van der Waals surface area contributed by atoms with Crippen LogP contribution in [0.5, 0.6) is 0 Å². The average molecular weight is 358 g/mol. The molecule has 0 saturated carbocycles. The molecule has 1 aromatic rings. The Bertz CT molecular complexity index is 610. The molecule has 0 amide bonds. The van der Waals surface area contributed by atoms with E-state index < -0.39 is 0 Å². The Kier molecular flexibility index (Phi) is 7.05. The number of nitrogens with one attached hydrogen (secondary N) is 3. The highest BCUT2D eigenvalue weighted by atomic mass is 16.5. The van der Waals surface area contributed by atoms with Gasteiger partial charge in [-0.05, 0) is 18.9 Å². The highest BCUT2D eigenvalue weighted by Gasteiger charge is 2.28. The van der Waals surface area contributed by atoms with Crippen molar-refractivity contribution in [3.63, 3.8) is 0 Å². The van der Waals surface area contributed by atoms with E-state index in [-0.39, 0.29) is 0 Å². The molecule has 0 aliphatic carbocycles. The van der Waals surface area contributed by atoms with Crippen molar-refractivity contribution in [1.29, 1.82) is 0 Å². The maximum atomic E-state index is 5.49. The minimum absolute atomic E-state index is 0.403. The predicted molar refractivity (Wildman–Crippen MR) is 106 cm³/mol. The molecule has 2 heterocycles. The van der Waals surface area contributed by atoms with Crippen molar-refractivity contribution in [2.24, 2.45) is 10.9 Å². The summed E-state index contributed by atoms with van der Waals surface area (Å²) in [4.78, 5) is 7.15. The SMILES string of the molecule is CCN=C(/C=C(\NNC)N1CCOCC1)C1CNC(c2ccccc2)C1. The lowest BCUT2D eigenvalue weighted by Crippen LogP contribution is -2.44. The smallest absolute Gasteiger partial charge is 0.118 e. The summed E-state index contributed by atoms with van der Waals surface area (Å²) in [6.07, 6.45) is 3.29. The van der Waals surface area contributed by atoms with Crippen LogP contribution in [0.4, 0.5) is 0 Å². The number of rotatable bonds is 7. The minimum atomic E-state index is 0.403. The quantitative estimate of drug-likeness (QED) is 0.512. The van der Waals surface area contributed by atoms with Crippen molar-refractivity contribution in [1.82, 2.24) is 21.1 Å². The third kappa shape index (κ3) is 4.84. The van der Waals surface area contributed by atoms with Gasteiger partial charge in [0.25, 0.3) is 0 Å². The summed E-state index contributed by atoms with van der Waals surface area (Å²) in [6, 6.07) is 11.1. The monoisotopic (exact) mass is 357 g/mol. The van der Waals surface area contributed by atoms with Crippen LogP contribution in [-0.4, -0.2) is 57.1 Å². The fraction of sp³-hybridized carbons (Fsp3) is 0.550. The zero-order chi connectivity index (χ0) is 18.2. The molecule has 0 bridgehead atoms. The number of benzene rings is 1. The minimum Gasteiger partial charge on any atom is -0.378 e. The van der Waals surface area contributed by atoms with Gasteiger partial charge in [-0.1, -0.05) is 30.3 Å². The number of nitrogens with zero attached hydrogens (tertiary/aromatic N) is 2. The van der Waals surface area contributed by atoms with Crippen LogP contribution in [0.3, 0.4) is 0 Å². The van der Waals surface area contributed by atoms with Crippen LogP contribution in [0.1, 0.15) is 24.9 Å². The van der Waals surface area contributed by atoms with E-state index in [1.54, 1.807) is 0 Å². The molecule has 0 radical (unpaired) electrons. The van der Waals surface area contributed by atoms with Gasteiger partial charge in [-0.15, -0.1) is 0 Å². The lowest BCUT2D eigenvalue weighted by Gasteiger charge is -2.31. The van der Waals surface area contributed by atoms with E-state index in [2.05, 4.69) is 64.4 Å². The standard InChI is InChI=1S/C20H31N5O/c1-3-22-19(14-20(24-21-2)25-9-11-26-12-10-25)17-13-18(23-15-17)16-7-5-4-6-8-16/h4-8,14,17-18,21,23-24H,3,9-13,15H2,1-2H3/b20-14+,22-19?. The van der Waals surface area contributed by atoms with Gasteiger partial charge in [-0.2, -0.15) is 0 Å². The first-order chi connectivity index (χ1) is 12.8. The van der Waals surface area contributed by atoms with E-state index in [4.69, 9.17) is 9.73 Å². The van der Waals surface area contributed by atoms with Gasteiger partial charge in [0.05, 0.1) is 13.2 Å². The first kappa shape index (κ1) is 18.9. The summed E-state index contributed by atoms with van der Waals surface area (Å²) in [7, 11) is 1.90. The number of aliphatic imine (C=N–C) groups is 1. The third-order valence-corrected chi connectivity index (χ3v) is 4.98. The van der Waals surface area contributed by atoms with E-state index in [0.29, 0.717) is 12.0 Å². The summed E-state index contributed by atoms with van der Waals surface area (Å²) < 4.78 is 5.49. The average Bonchev–Trinajstić information content (AvgIpc) is 3.18. The summed E-state index contributed by atoms with van der Waals surface area (Å²) in [6.45, 7) is 7.20. The Morgan fingerprint density at radius 3 is 2.77 bits per heavy atom. The largest absolute Gasteiger partial charge is 0.378 e. The summed E-state index contributed by atoms with van der Waals surface area (Å²) in [5.41, 5.74) is 8.88. The van der Waals surface area contributed by atoms with E-state index in [1.165, 1.54) is 11.3 Å². The van der Waals surface area contributed by atoms with Crippen LogP contribution in [0.25, 0.3) is 0 Å². The molecule has 6 nitrogen and oxygen atoms in total. The molecule has 3 rings (SSSR count). The van der Waals surface area contributed by atoms with E-state index >= 15 is 0 Å². The van der Waals surface area contributed by atoms with Crippen LogP contribution < -0.4 is 16.2 Å². The van der Waals surface area contributed by atoms with Crippen molar-refractivity contribution < 1.29 is 4.74 Å². The normalized spacial score (nSPS) is 24.8. The second kappa shape index (κ2) is 9.71. The molecule has 0 aromatic heterocycles. The van der Waals surface area contributed by atoms with Gasteiger partial charge in [0.2, 0.25) is 0 Å². The Morgan fingerprint density at radius 2 is 2.08 bits per heavy atom. The number of morpholine rings is 1. The number of allylic oxidation sites excluding steroid dienone is 1. The van der Waals surface area contributed by atoms with E-state index in [9.17, 15) is 0 Å². The second-order valence-electron chi connectivity index (χ2n) is 6.71. The predicted octanol–water partition coefficient (Wildman–Crippen LogP) is 1.70. The second-order valence-corrected chi connectivity index (χ2v) is 6.71. The fourth-order valence-electron chi connectivity index (χ4n) is 3.65. The van der Waals surface area contributed by atoms with Gasteiger partial charge in [-0.25, -0.2) is 5.43 Å². The molecule has 2 saturated heterocycles. The van der Waals surface area contributed by atoms with Crippen LogP contribution >= 0.6 is 0 Å². The number of hydrogen-bond acceptors (Lipinski definition) is 6. The maximum absolute atomic E-state index is 5.49. The lowest BCUT2D eigenvalue weighted by molar-refractivity contribution is 0.0495.